The minimum Gasteiger partial charge on any atom is -0.207 e. The lowest BCUT2D eigenvalue weighted by Crippen LogP contribution is -1.82. The van der Waals surface area contributed by atoms with Gasteiger partial charge in [-0.05, 0) is 18.1 Å². The molecule has 0 amide bonds. The van der Waals surface area contributed by atoms with Crippen molar-refractivity contribution in [2.24, 2.45) is 5.10 Å². The highest BCUT2D eigenvalue weighted by atomic mass is 15.4. The summed E-state index contributed by atoms with van der Waals surface area (Å²) in [6.45, 7) is 0. The molecule has 0 radical (unpaired) electrons. The summed E-state index contributed by atoms with van der Waals surface area (Å²) in [5, 5.41) is 11.2. The van der Waals surface area contributed by atoms with Crippen LogP contribution in [0.1, 0.15) is 5.56 Å². The van der Waals surface area contributed by atoms with Crippen LogP contribution in [0.4, 0.5) is 0 Å². The Kier molecular flexibility index (Phi) is 2.88. The maximum absolute atomic E-state index is 3.97. The molecular weight excluding hydrogens is 188 g/mol. The standard InChI is InChI=1S/C11H8N4/c1-2-5-11(6-3-1)7-4-8-14-15-9-12-13-10-15/h1-3,5-6,8-10H/b14-8-. The fourth-order valence-corrected chi connectivity index (χ4v) is 0.988. The van der Waals surface area contributed by atoms with E-state index >= 15 is 0 Å². The third-order valence-corrected chi connectivity index (χ3v) is 1.65. The monoisotopic (exact) mass is 196 g/mol. The first-order valence-electron chi connectivity index (χ1n) is 4.39. The van der Waals surface area contributed by atoms with E-state index in [-0.39, 0.29) is 0 Å². The largest absolute Gasteiger partial charge is 0.207 e. The summed E-state index contributed by atoms with van der Waals surface area (Å²) in [6.07, 6.45) is 4.51. The topological polar surface area (TPSA) is 43.1 Å². The molecule has 0 aliphatic heterocycles. The lowest BCUT2D eigenvalue weighted by molar-refractivity contribution is 0.880. The van der Waals surface area contributed by atoms with Crippen molar-refractivity contribution in [3.63, 3.8) is 0 Å². The van der Waals surface area contributed by atoms with Crippen molar-refractivity contribution in [3.05, 3.63) is 48.5 Å². The molecule has 1 aromatic heterocycles. The van der Waals surface area contributed by atoms with Gasteiger partial charge >= 0.3 is 0 Å². The van der Waals surface area contributed by atoms with Gasteiger partial charge in [0.1, 0.15) is 12.7 Å². The minimum absolute atomic E-state index is 0.965. The fourth-order valence-electron chi connectivity index (χ4n) is 0.988. The number of aromatic nitrogens is 3. The van der Waals surface area contributed by atoms with Gasteiger partial charge in [0.05, 0.1) is 6.21 Å². The zero-order valence-corrected chi connectivity index (χ0v) is 7.91. The molecule has 0 fully saturated rings. The number of hydrogen-bond donors (Lipinski definition) is 0. The molecule has 0 spiro atoms. The van der Waals surface area contributed by atoms with Gasteiger partial charge in [-0.2, -0.15) is 5.10 Å². The first kappa shape index (κ1) is 9.16. The summed E-state index contributed by atoms with van der Waals surface area (Å²) >= 11 is 0. The van der Waals surface area contributed by atoms with Gasteiger partial charge in [0.2, 0.25) is 0 Å². The Labute approximate surface area is 87.3 Å². The SMILES string of the molecule is C(#Cc1ccccc1)/C=N\n1cnnc1. The second-order valence-corrected chi connectivity index (χ2v) is 2.72. The van der Waals surface area contributed by atoms with Crippen LogP contribution in [-0.2, 0) is 0 Å². The van der Waals surface area contributed by atoms with Gasteiger partial charge in [-0.15, -0.1) is 10.2 Å². The van der Waals surface area contributed by atoms with Gasteiger partial charge in [-0.25, -0.2) is 4.68 Å². The zero-order valence-electron chi connectivity index (χ0n) is 7.91. The van der Waals surface area contributed by atoms with E-state index in [4.69, 9.17) is 0 Å². The molecule has 0 atom stereocenters. The normalized spacial score (nSPS) is 9.87. The van der Waals surface area contributed by atoms with Gasteiger partial charge in [-0.3, -0.25) is 0 Å². The van der Waals surface area contributed by atoms with Gasteiger partial charge in [0.15, 0.2) is 0 Å². The van der Waals surface area contributed by atoms with Crippen molar-refractivity contribution in [1.82, 2.24) is 14.9 Å². The van der Waals surface area contributed by atoms with E-state index in [9.17, 15) is 0 Å². The summed E-state index contributed by atoms with van der Waals surface area (Å²) in [6, 6.07) is 9.73. The van der Waals surface area contributed by atoms with Crippen LogP contribution in [0.15, 0.2) is 48.1 Å². The molecule has 4 heteroatoms. The van der Waals surface area contributed by atoms with Crippen LogP contribution in [0.25, 0.3) is 0 Å². The van der Waals surface area contributed by atoms with Crippen molar-refractivity contribution >= 4 is 6.21 Å². The van der Waals surface area contributed by atoms with Crippen LogP contribution in [0.2, 0.25) is 0 Å². The highest BCUT2D eigenvalue weighted by Crippen LogP contribution is 1.93. The zero-order chi connectivity index (χ0) is 10.3. The number of hydrogen-bond acceptors (Lipinski definition) is 3. The minimum atomic E-state index is 0.965. The first-order valence-corrected chi connectivity index (χ1v) is 4.39. The summed E-state index contributed by atoms with van der Waals surface area (Å²) in [5.41, 5.74) is 0.965. The molecule has 2 rings (SSSR count). The van der Waals surface area contributed by atoms with Crippen LogP contribution in [0, 0.1) is 11.8 Å². The second kappa shape index (κ2) is 4.72. The van der Waals surface area contributed by atoms with Gasteiger partial charge < -0.3 is 0 Å². The highest BCUT2D eigenvalue weighted by molar-refractivity contribution is 5.79. The van der Waals surface area contributed by atoms with E-state index in [0.29, 0.717) is 0 Å². The maximum Gasteiger partial charge on any atom is 0.141 e. The molecule has 0 aliphatic rings. The summed E-state index contributed by atoms with van der Waals surface area (Å²) < 4.78 is 1.49. The molecule has 0 aliphatic carbocycles. The number of benzene rings is 1. The molecule has 72 valence electrons. The van der Waals surface area contributed by atoms with Crippen LogP contribution in [-0.4, -0.2) is 21.1 Å². The van der Waals surface area contributed by atoms with Crippen molar-refractivity contribution in [3.8, 4) is 11.8 Å². The maximum atomic E-state index is 3.97. The fraction of sp³-hybridized carbons (Fsp3) is 0. The molecule has 1 aromatic carbocycles. The quantitative estimate of drug-likeness (QED) is 0.507. The summed E-state index contributed by atoms with van der Waals surface area (Å²) in [7, 11) is 0. The Morgan fingerprint density at radius 3 is 2.60 bits per heavy atom. The van der Waals surface area contributed by atoms with Gasteiger partial charge in [-0.1, -0.05) is 24.1 Å². The third-order valence-electron chi connectivity index (χ3n) is 1.65. The Morgan fingerprint density at radius 1 is 1.13 bits per heavy atom. The first-order chi connectivity index (χ1) is 7.45. The van der Waals surface area contributed by atoms with E-state index in [1.54, 1.807) is 0 Å². The molecular formula is C11H8N4. The summed E-state index contributed by atoms with van der Waals surface area (Å²) in [5.74, 6) is 5.78. The Balaban J connectivity index is 2.02. The molecule has 2 aromatic rings. The Morgan fingerprint density at radius 2 is 1.87 bits per heavy atom. The van der Waals surface area contributed by atoms with E-state index < -0.39 is 0 Å². The molecule has 0 unspecified atom stereocenters. The van der Waals surface area contributed by atoms with Crippen molar-refractivity contribution < 1.29 is 0 Å². The Hall–Kier alpha value is -2.41. The van der Waals surface area contributed by atoms with Crippen molar-refractivity contribution in [2.45, 2.75) is 0 Å². The molecule has 0 N–H and O–H groups in total. The van der Waals surface area contributed by atoms with Crippen LogP contribution in [0.3, 0.4) is 0 Å². The predicted octanol–water partition coefficient (Wildman–Crippen LogP) is 1.16. The lowest BCUT2D eigenvalue weighted by atomic mass is 10.2. The molecule has 15 heavy (non-hydrogen) atoms. The van der Waals surface area contributed by atoms with Gasteiger partial charge in [0.25, 0.3) is 0 Å². The van der Waals surface area contributed by atoms with Crippen LogP contribution < -0.4 is 0 Å². The molecule has 4 nitrogen and oxygen atoms in total. The average molecular weight is 196 g/mol. The van der Waals surface area contributed by atoms with E-state index in [0.717, 1.165) is 5.56 Å². The molecule has 0 bridgehead atoms. The van der Waals surface area contributed by atoms with E-state index in [1.807, 2.05) is 30.3 Å². The number of rotatable bonds is 1. The van der Waals surface area contributed by atoms with Crippen molar-refractivity contribution in [1.29, 1.82) is 0 Å². The van der Waals surface area contributed by atoms with Crippen LogP contribution >= 0.6 is 0 Å². The highest BCUT2D eigenvalue weighted by Gasteiger charge is 1.81. The van der Waals surface area contributed by atoms with Gasteiger partial charge in [0, 0.05) is 5.56 Å². The number of nitrogens with zero attached hydrogens (tertiary/aromatic N) is 4. The van der Waals surface area contributed by atoms with E-state index in [1.165, 1.54) is 23.5 Å². The average Bonchev–Trinajstić information content (AvgIpc) is 2.79. The second-order valence-electron chi connectivity index (χ2n) is 2.72. The molecule has 1 heterocycles. The van der Waals surface area contributed by atoms with Crippen molar-refractivity contribution in [2.75, 3.05) is 0 Å². The predicted molar refractivity (Wildman–Crippen MR) is 57.2 cm³/mol. The molecule has 0 saturated carbocycles. The Bertz CT molecular complexity index is 488. The summed E-state index contributed by atoms with van der Waals surface area (Å²) in [4.78, 5) is 0. The van der Waals surface area contributed by atoms with Crippen LogP contribution in [0.5, 0.6) is 0 Å². The third kappa shape index (κ3) is 2.78. The molecule has 0 saturated heterocycles. The lowest BCUT2D eigenvalue weighted by Gasteiger charge is -1.85. The van der Waals surface area contributed by atoms with E-state index in [2.05, 4.69) is 27.1 Å². The smallest absolute Gasteiger partial charge is 0.141 e.